The van der Waals surface area contributed by atoms with E-state index in [-0.39, 0.29) is 23.7 Å². The molecule has 0 unspecified atom stereocenters. The number of esters is 1. The van der Waals surface area contributed by atoms with Crippen LogP contribution in [0, 0.1) is 18.8 Å². The monoisotopic (exact) mass is 409 g/mol. The Kier molecular flexibility index (Phi) is 9.84. The summed E-state index contributed by atoms with van der Waals surface area (Å²) in [5.41, 5.74) is 1.85. The molecule has 30 heavy (non-hydrogen) atoms. The van der Waals surface area contributed by atoms with Crippen LogP contribution in [0.1, 0.15) is 60.6 Å². The predicted octanol–water partition coefficient (Wildman–Crippen LogP) is 5.00. The number of methoxy groups -OCH3 is 1. The Bertz CT molecular complexity index is 1070. The van der Waals surface area contributed by atoms with E-state index in [1.54, 1.807) is 6.92 Å². The van der Waals surface area contributed by atoms with E-state index in [0.29, 0.717) is 11.3 Å². The molecular weight excluding hydrogens is 382 g/mol. The van der Waals surface area contributed by atoms with E-state index in [1.165, 1.54) is 7.11 Å². The third-order valence-corrected chi connectivity index (χ3v) is 3.88. The molecule has 0 aliphatic rings. The molecule has 0 aliphatic heterocycles. The van der Waals surface area contributed by atoms with Crippen LogP contribution in [0.2, 0.25) is 0 Å². The van der Waals surface area contributed by atoms with E-state index in [4.69, 9.17) is 4.52 Å². The SMILES string of the molecule is CC.CC.COC(=O)Cc1ccc2cc(C#Cc3onc(C)c3C(=O)O)ccc2c1. The topological polar surface area (TPSA) is 89.6 Å². The highest BCUT2D eigenvalue weighted by Crippen LogP contribution is 2.19. The predicted molar refractivity (Wildman–Crippen MR) is 117 cm³/mol. The van der Waals surface area contributed by atoms with Crippen LogP contribution in [0.4, 0.5) is 0 Å². The molecule has 0 bridgehead atoms. The molecular formula is C24H27NO5. The number of benzene rings is 2. The van der Waals surface area contributed by atoms with Gasteiger partial charge in [0, 0.05) is 5.56 Å². The van der Waals surface area contributed by atoms with Crippen molar-refractivity contribution >= 4 is 22.7 Å². The van der Waals surface area contributed by atoms with Crippen molar-refractivity contribution in [1.29, 1.82) is 0 Å². The molecule has 158 valence electrons. The number of carbonyl (C=O) groups excluding carboxylic acids is 1. The van der Waals surface area contributed by atoms with Gasteiger partial charge in [0.25, 0.3) is 0 Å². The lowest BCUT2D eigenvalue weighted by atomic mass is 10.0. The van der Waals surface area contributed by atoms with Crippen molar-refractivity contribution in [3.8, 4) is 11.8 Å². The fourth-order valence-electron chi connectivity index (χ4n) is 2.56. The minimum absolute atomic E-state index is 0.0225. The summed E-state index contributed by atoms with van der Waals surface area (Å²) >= 11 is 0. The maximum atomic E-state index is 11.4. The van der Waals surface area contributed by atoms with Gasteiger partial charge in [0.05, 0.1) is 19.2 Å². The zero-order valence-electron chi connectivity index (χ0n) is 18.2. The van der Waals surface area contributed by atoms with Crippen LogP contribution in [0.25, 0.3) is 10.8 Å². The smallest absolute Gasteiger partial charge is 0.342 e. The standard InChI is InChI=1S/C20H15NO5.2C2H6/c1-12-19(20(23)24)17(26-21-12)8-5-13-3-6-16-10-14(11-18(22)25-2)4-7-15(16)9-13;2*1-2/h3-4,6-7,9-10H,11H2,1-2H3,(H,23,24);2*1-2H3. The summed E-state index contributed by atoms with van der Waals surface area (Å²) < 4.78 is 9.66. The first-order valence-corrected chi connectivity index (χ1v) is 9.79. The number of aromatic carboxylic acids is 1. The van der Waals surface area contributed by atoms with Crippen LogP contribution in [0.15, 0.2) is 40.9 Å². The summed E-state index contributed by atoms with van der Waals surface area (Å²) in [5, 5.41) is 14.8. The van der Waals surface area contributed by atoms with Gasteiger partial charge in [-0.3, -0.25) is 4.79 Å². The molecule has 0 fully saturated rings. The number of nitrogens with zero attached hydrogens (tertiary/aromatic N) is 1. The van der Waals surface area contributed by atoms with Crippen molar-refractivity contribution in [2.45, 2.75) is 41.0 Å². The highest BCUT2D eigenvalue weighted by molar-refractivity contribution is 5.91. The zero-order chi connectivity index (χ0) is 22.7. The average Bonchev–Trinajstić information content (AvgIpc) is 3.15. The van der Waals surface area contributed by atoms with Crippen molar-refractivity contribution < 1.29 is 24.0 Å². The van der Waals surface area contributed by atoms with Crippen LogP contribution in [-0.2, 0) is 16.0 Å². The average molecular weight is 409 g/mol. The van der Waals surface area contributed by atoms with Gasteiger partial charge in [-0.25, -0.2) is 4.79 Å². The first kappa shape index (κ1) is 24.4. The van der Waals surface area contributed by atoms with E-state index in [1.807, 2.05) is 64.1 Å². The number of fused-ring (bicyclic) bond motifs is 1. The summed E-state index contributed by atoms with van der Waals surface area (Å²) in [7, 11) is 1.36. The lowest BCUT2D eigenvalue weighted by Gasteiger charge is -2.03. The van der Waals surface area contributed by atoms with Gasteiger partial charge in [0.1, 0.15) is 5.56 Å². The third-order valence-electron chi connectivity index (χ3n) is 3.88. The molecule has 1 heterocycles. The van der Waals surface area contributed by atoms with Gasteiger partial charge in [-0.15, -0.1) is 0 Å². The largest absolute Gasteiger partial charge is 0.477 e. The van der Waals surface area contributed by atoms with Crippen molar-refractivity contribution in [3.63, 3.8) is 0 Å². The minimum atomic E-state index is -1.12. The molecule has 6 heteroatoms. The molecule has 0 amide bonds. The van der Waals surface area contributed by atoms with Crippen LogP contribution >= 0.6 is 0 Å². The van der Waals surface area contributed by atoms with Crippen LogP contribution in [0.5, 0.6) is 0 Å². The Hall–Kier alpha value is -3.59. The van der Waals surface area contributed by atoms with Gasteiger partial charge in [-0.1, -0.05) is 63.0 Å². The van der Waals surface area contributed by atoms with Gasteiger partial charge in [-0.2, -0.15) is 0 Å². The van der Waals surface area contributed by atoms with Crippen molar-refractivity contribution in [2.75, 3.05) is 7.11 Å². The summed E-state index contributed by atoms with van der Waals surface area (Å²) in [6, 6.07) is 11.3. The highest BCUT2D eigenvalue weighted by atomic mass is 16.5. The molecule has 2 aromatic carbocycles. The Morgan fingerprint density at radius 2 is 1.67 bits per heavy atom. The molecule has 0 saturated heterocycles. The lowest BCUT2D eigenvalue weighted by molar-refractivity contribution is -0.139. The molecule has 0 spiro atoms. The zero-order valence-corrected chi connectivity index (χ0v) is 18.2. The number of carboxylic acid groups (broad SMARTS) is 1. The number of carboxylic acids is 1. The Labute approximate surface area is 176 Å². The molecule has 0 aliphatic carbocycles. The fraction of sp³-hybridized carbons (Fsp3) is 0.292. The molecule has 1 aromatic heterocycles. The van der Waals surface area contributed by atoms with Crippen molar-refractivity contribution in [2.24, 2.45) is 0 Å². The van der Waals surface area contributed by atoms with E-state index < -0.39 is 5.97 Å². The molecule has 0 radical (unpaired) electrons. The summed E-state index contributed by atoms with van der Waals surface area (Å²) in [6.07, 6.45) is 0.219. The normalized spacial score (nSPS) is 9.27. The second-order valence-electron chi connectivity index (χ2n) is 5.68. The quantitative estimate of drug-likeness (QED) is 0.483. The first-order valence-electron chi connectivity index (χ1n) is 9.79. The van der Waals surface area contributed by atoms with Crippen LogP contribution in [-0.4, -0.2) is 29.3 Å². The number of aromatic nitrogens is 1. The summed E-state index contributed by atoms with van der Waals surface area (Å²) in [4.78, 5) is 22.6. The van der Waals surface area contributed by atoms with Crippen LogP contribution < -0.4 is 0 Å². The van der Waals surface area contributed by atoms with Crippen molar-refractivity contribution in [1.82, 2.24) is 5.16 Å². The third kappa shape index (κ3) is 6.21. The minimum Gasteiger partial charge on any atom is -0.477 e. The van der Waals surface area contributed by atoms with E-state index in [0.717, 1.165) is 16.3 Å². The van der Waals surface area contributed by atoms with Crippen LogP contribution in [0.3, 0.4) is 0 Å². The molecule has 3 aromatic rings. The molecule has 1 N–H and O–H groups in total. The number of rotatable bonds is 3. The van der Waals surface area contributed by atoms with E-state index >= 15 is 0 Å². The number of ether oxygens (including phenoxy) is 1. The molecule has 3 rings (SSSR count). The number of hydrogen-bond donors (Lipinski definition) is 1. The number of aryl methyl sites for hydroxylation is 1. The fourth-order valence-corrected chi connectivity index (χ4v) is 2.56. The van der Waals surface area contributed by atoms with E-state index in [2.05, 4.69) is 21.7 Å². The van der Waals surface area contributed by atoms with Gasteiger partial charge in [0.15, 0.2) is 0 Å². The Morgan fingerprint density at radius 1 is 1.03 bits per heavy atom. The van der Waals surface area contributed by atoms with Gasteiger partial charge < -0.3 is 14.4 Å². The second-order valence-corrected chi connectivity index (χ2v) is 5.68. The Morgan fingerprint density at radius 3 is 2.30 bits per heavy atom. The second kappa shape index (κ2) is 12.1. The van der Waals surface area contributed by atoms with Crippen molar-refractivity contribution in [3.05, 3.63) is 64.5 Å². The maximum Gasteiger partial charge on any atom is 0.342 e. The summed E-state index contributed by atoms with van der Waals surface area (Å²) in [6.45, 7) is 9.56. The molecule has 0 atom stereocenters. The maximum absolute atomic E-state index is 11.4. The lowest BCUT2D eigenvalue weighted by Crippen LogP contribution is -2.04. The molecule has 0 saturated carbocycles. The van der Waals surface area contributed by atoms with Gasteiger partial charge in [-0.05, 0) is 41.3 Å². The molecule has 6 nitrogen and oxygen atoms in total. The summed E-state index contributed by atoms with van der Waals surface area (Å²) in [5.74, 6) is 4.24. The number of carbonyl (C=O) groups is 2. The highest BCUT2D eigenvalue weighted by Gasteiger charge is 2.17. The number of hydrogen-bond acceptors (Lipinski definition) is 5. The first-order chi connectivity index (χ1) is 14.5. The van der Waals surface area contributed by atoms with Gasteiger partial charge >= 0.3 is 11.9 Å². The Balaban J connectivity index is 0.00000106. The van der Waals surface area contributed by atoms with Gasteiger partial charge in [0.2, 0.25) is 5.76 Å². The van der Waals surface area contributed by atoms with E-state index in [9.17, 15) is 14.7 Å².